The van der Waals surface area contributed by atoms with Gasteiger partial charge in [0.05, 0.1) is 11.3 Å². The van der Waals surface area contributed by atoms with Crippen LogP contribution in [0.1, 0.15) is 10.4 Å². The minimum absolute atomic E-state index is 0.0113. The van der Waals surface area contributed by atoms with E-state index in [1.807, 2.05) is 18.2 Å². The molecule has 0 saturated carbocycles. The van der Waals surface area contributed by atoms with Crippen molar-refractivity contribution < 1.29 is 9.18 Å². The van der Waals surface area contributed by atoms with Gasteiger partial charge in [-0.2, -0.15) is 0 Å². The Labute approximate surface area is 126 Å². The van der Waals surface area contributed by atoms with Gasteiger partial charge in [0.1, 0.15) is 5.82 Å². The van der Waals surface area contributed by atoms with Gasteiger partial charge < -0.3 is 5.32 Å². The molecule has 0 bridgehead atoms. The number of anilines is 1. The number of para-hydroxylation sites is 1. The lowest BCUT2D eigenvalue weighted by Crippen LogP contribution is -2.15. The summed E-state index contributed by atoms with van der Waals surface area (Å²) in [6, 6.07) is 11.8. The molecule has 2 aromatic rings. The van der Waals surface area contributed by atoms with Gasteiger partial charge in [0.15, 0.2) is 0 Å². The normalized spacial score (nSPS) is 10.2. The average Bonchev–Trinajstić information content (AvgIpc) is 2.32. The Hall–Kier alpha value is -0.950. The lowest BCUT2D eigenvalue weighted by Gasteiger charge is -2.09. The van der Waals surface area contributed by atoms with Gasteiger partial charge in [0.2, 0.25) is 0 Å². The zero-order valence-electron chi connectivity index (χ0n) is 9.08. The summed E-state index contributed by atoms with van der Waals surface area (Å²) in [5.41, 5.74) is 0.676. The van der Waals surface area contributed by atoms with Gasteiger partial charge >= 0.3 is 0 Å². The molecule has 2 rings (SSSR count). The first-order valence-corrected chi connectivity index (χ1v) is 6.96. The number of benzene rings is 2. The van der Waals surface area contributed by atoms with Crippen molar-refractivity contribution in [3.63, 3.8) is 0 Å². The van der Waals surface area contributed by atoms with Crippen LogP contribution in [-0.2, 0) is 0 Å². The highest BCUT2D eigenvalue weighted by Crippen LogP contribution is 2.23. The Morgan fingerprint density at radius 2 is 1.89 bits per heavy atom. The smallest absolute Gasteiger partial charge is 0.259 e. The van der Waals surface area contributed by atoms with Crippen molar-refractivity contribution in [1.29, 1.82) is 0 Å². The molecule has 2 aromatic carbocycles. The van der Waals surface area contributed by atoms with E-state index in [4.69, 9.17) is 0 Å². The van der Waals surface area contributed by atoms with E-state index >= 15 is 0 Å². The fourth-order valence-corrected chi connectivity index (χ4v) is 2.51. The van der Waals surface area contributed by atoms with Crippen LogP contribution in [0.4, 0.5) is 10.1 Å². The van der Waals surface area contributed by atoms with Crippen molar-refractivity contribution in [3.05, 3.63) is 61.9 Å². The summed E-state index contributed by atoms with van der Waals surface area (Å²) in [5, 5.41) is 2.69. The highest BCUT2D eigenvalue weighted by Gasteiger charge is 2.16. The second kappa shape index (κ2) is 5.79. The van der Waals surface area contributed by atoms with Gasteiger partial charge in [0.25, 0.3) is 5.91 Å². The van der Waals surface area contributed by atoms with Gasteiger partial charge in [-0.1, -0.05) is 18.2 Å². The third-order valence-electron chi connectivity index (χ3n) is 2.31. The van der Waals surface area contributed by atoms with Crippen molar-refractivity contribution in [3.8, 4) is 0 Å². The standard InChI is InChI=1S/C13H8BrFINO/c14-8-4-3-5-9(15)12(8)13(18)17-11-7-2-1-6-10(11)16/h1-7H,(H,17,18). The van der Waals surface area contributed by atoms with Gasteiger partial charge in [0, 0.05) is 8.04 Å². The highest BCUT2D eigenvalue weighted by molar-refractivity contribution is 14.1. The predicted molar refractivity (Wildman–Crippen MR) is 81.2 cm³/mol. The third kappa shape index (κ3) is 2.89. The SMILES string of the molecule is O=C(Nc1ccccc1I)c1c(F)cccc1Br. The van der Waals surface area contributed by atoms with Crippen LogP contribution in [0.5, 0.6) is 0 Å². The topological polar surface area (TPSA) is 29.1 Å². The van der Waals surface area contributed by atoms with E-state index in [1.54, 1.807) is 18.2 Å². The van der Waals surface area contributed by atoms with E-state index in [0.717, 1.165) is 3.57 Å². The van der Waals surface area contributed by atoms with Crippen LogP contribution in [-0.4, -0.2) is 5.91 Å². The van der Waals surface area contributed by atoms with Crippen LogP contribution < -0.4 is 5.32 Å². The van der Waals surface area contributed by atoms with Crippen molar-refractivity contribution in [2.75, 3.05) is 5.32 Å². The summed E-state index contributed by atoms with van der Waals surface area (Å²) in [4.78, 5) is 12.0. The fourth-order valence-electron chi connectivity index (χ4n) is 1.46. The Morgan fingerprint density at radius 1 is 1.17 bits per heavy atom. The number of halogens is 3. The molecule has 2 nitrogen and oxygen atoms in total. The Morgan fingerprint density at radius 3 is 2.56 bits per heavy atom. The van der Waals surface area contributed by atoms with Gasteiger partial charge in [-0.3, -0.25) is 4.79 Å². The van der Waals surface area contributed by atoms with Crippen molar-refractivity contribution in [1.82, 2.24) is 0 Å². The number of hydrogen-bond acceptors (Lipinski definition) is 1. The first-order valence-electron chi connectivity index (χ1n) is 5.09. The molecule has 1 amide bonds. The molecule has 92 valence electrons. The minimum Gasteiger partial charge on any atom is -0.321 e. The molecule has 0 heterocycles. The molecule has 0 saturated heterocycles. The molecular formula is C13H8BrFINO. The van der Waals surface area contributed by atoms with Gasteiger partial charge in [-0.05, 0) is 62.8 Å². The van der Waals surface area contributed by atoms with Gasteiger partial charge in [-0.15, -0.1) is 0 Å². The van der Waals surface area contributed by atoms with E-state index in [9.17, 15) is 9.18 Å². The lowest BCUT2D eigenvalue weighted by atomic mass is 10.2. The van der Waals surface area contributed by atoms with E-state index in [0.29, 0.717) is 10.2 Å². The molecule has 0 aliphatic heterocycles. The predicted octanol–water partition coefficient (Wildman–Crippen LogP) is 4.45. The molecule has 0 fully saturated rings. The van der Waals surface area contributed by atoms with Crippen LogP contribution in [0.2, 0.25) is 0 Å². The second-order valence-electron chi connectivity index (χ2n) is 3.53. The average molecular weight is 420 g/mol. The molecule has 0 aromatic heterocycles. The van der Waals surface area contributed by atoms with E-state index in [-0.39, 0.29) is 5.56 Å². The number of carbonyl (C=O) groups is 1. The number of nitrogens with one attached hydrogen (secondary N) is 1. The first kappa shape index (κ1) is 13.5. The summed E-state index contributed by atoms with van der Waals surface area (Å²) in [6.45, 7) is 0. The highest BCUT2D eigenvalue weighted by atomic mass is 127. The Balaban J connectivity index is 2.31. The maximum absolute atomic E-state index is 13.6. The molecule has 0 aliphatic carbocycles. The zero-order chi connectivity index (χ0) is 13.1. The number of carbonyl (C=O) groups excluding carboxylic acids is 1. The molecule has 0 spiro atoms. The molecule has 0 aliphatic rings. The van der Waals surface area contributed by atoms with Gasteiger partial charge in [-0.25, -0.2) is 4.39 Å². The zero-order valence-corrected chi connectivity index (χ0v) is 12.8. The third-order valence-corrected chi connectivity index (χ3v) is 3.91. The summed E-state index contributed by atoms with van der Waals surface area (Å²) >= 11 is 5.29. The first-order chi connectivity index (χ1) is 8.59. The number of hydrogen-bond donors (Lipinski definition) is 1. The molecule has 18 heavy (non-hydrogen) atoms. The fraction of sp³-hybridized carbons (Fsp3) is 0. The Kier molecular flexibility index (Phi) is 4.34. The van der Waals surface area contributed by atoms with Crippen LogP contribution >= 0.6 is 38.5 Å². The van der Waals surface area contributed by atoms with Crippen molar-refractivity contribution in [2.45, 2.75) is 0 Å². The summed E-state index contributed by atoms with van der Waals surface area (Å²) < 4.78 is 14.9. The molecule has 1 N–H and O–H groups in total. The summed E-state index contributed by atoms with van der Waals surface area (Å²) in [7, 11) is 0. The number of rotatable bonds is 2. The van der Waals surface area contributed by atoms with Crippen LogP contribution in [0, 0.1) is 9.39 Å². The van der Waals surface area contributed by atoms with Crippen LogP contribution in [0.25, 0.3) is 0 Å². The maximum Gasteiger partial charge on any atom is 0.259 e. The molecule has 0 atom stereocenters. The van der Waals surface area contributed by atoms with E-state index < -0.39 is 11.7 Å². The summed E-state index contributed by atoms with van der Waals surface area (Å²) in [5.74, 6) is -1.02. The molecule has 0 radical (unpaired) electrons. The lowest BCUT2D eigenvalue weighted by molar-refractivity contribution is 0.102. The maximum atomic E-state index is 13.6. The van der Waals surface area contributed by atoms with Crippen LogP contribution in [0.15, 0.2) is 46.9 Å². The second-order valence-corrected chi connectivity index (χ2v) is 5.55. The van der Waals surface area contributed by atoms with E-state index in [2.05, 4.69) is 43.8 Å². The van der Waals surface area contributed by atoms with E-state index in [1.165, 1.54) is 6.07 Å². The van der Waals surface area contributed by atoms with Crippen molar-refractivity contribution >= 4 is 50.1 Å². The number of amides is 1. The largest absolute Gasteiger partial charge is 0.321 e. The van der Waals surface area contributed by atoms with Crippen molar-refractivity contribution in [2.24, 2.45) is 0 Å². The Bertz CT molecular complexity index is 583. The quantitative estimate of drug-likeness (QED) is 0.716. The molecule has 5 heteroatoms. The minimum atomic E-state index is -0.548. The molecular weight excluding hydrogens is 412 g/mol. The summed E-state index contributed by atoms with van der Waals surface area (Å²) in [6.07, 6.45) is 0. The molecule has 0 unspecified atom stereocenters. The van der Waals surface area contributed by atoms with Crippen LogP contribution in [0.3, 0.4) is 0 Å². The monoisotopic (exact) mass is 419 g/mol.